The van der Waals surface area contributed by atoms with Crippen molar-refractivity contribution in [3.05, 3.63) is 62.4 Å². The summed E-state index contributed by atoms with van der Waals surface area (Å²) in [7, 11) is -1.46. The molecule has 2 aliphatic heterocycles. The lowest BCUT2D eigenvalue weighted by Gasteiger charge is -2.25. The number of nitrogens with one attached hydrogen (secondary N) is 1. The van der Waals surface area contributed by atoms with E-state index in [0.29, 0.717) is 19.6 Å². The monoisotopic (exact) mass is 378 g/mol. The second-order valence-corrected chi connectivity index (χ2v) is 7.45. The fourth-order valence-electron chi connectivity index (χ4n) is 3.01. The molecule has 138 valence electrons. The zero-order valence-electron chi connectivity index (χ0n) is 14.2. The van der Waals surface area contributed by atoms with Crippen molar-refractivity contribution in [3.8, 4) is 5.75 Å². The first kappa shape index (κ1) is 17.4. The molecule has 1 aromatic carbocycles. The van der Waals surface area contributed by atoms with Crippen LogP contribution in [0.4, 0.5) is 0 Å². The lowest BCUT2D eigenvalue weighted by molar-refractivity contribution is -0.0229. The van der Waals surface area contributed by atoms with Gasteiger partial charge < -0.3 is 9.26 Å². The van der Waals surface area contributed by atoms with Gasteiger partial charge in [-0.3, -0.25) is 23.4 Å². The van der Waals surface area contributed by atoms with Crippen LogP contribution in [0.15, 0.2) is 40.1 Å². The number of hydrogen-bond donors (Lipinski definition) is 1. The van der Waals surface area contributed by atoms with Gasteiger partial charge in [0.1, 0.15) is 12.0 Å². The van der Waals surface area contributed by atoms with E-state index in [1.54, 1.807) is 0 Å². The minimum absolute atomic E-state index is 0.159. The van der Waals surface area contributed by atoms with Crippen molar-refractivity contribution in [2.24, 2.45) is 0 Å². The molecule has 9 heteroatoms. The molecule has 2 aromatic rings. The Kier molecular flexibility index (Phi) is 4.91. The van der Waals surface area contributed by atoms with Gasteiger partial charge in [0.25, 0.3) is 5.56 Å². The third kappa shape index (κ3) is 3.73. The molecule has 0 aliphatic carbocycles. The van der Waals surface area contributed by atoms with E-state index in [-0.39, 0.29) is 6.10 Å². The second-order valence-electron chi connectivity index (χ2n) is 6.30. The van der Waals surface area contributed by atoms with E-state index in [9.17, 15) is 9.59 Å². The van der Waals surface area contributed by atoms with Gasteiger partial charge in [-0.25, -0.2) is 4.79 Å². The fourth-order valence-corrected chi connectivity index (χ4v) is 4.07. The van der Waals surface area contributed by atoms with Gasteiger partial charge in [0.05, 0.1) is 19.3 Å². The molecule has 8 nitrogen and oxygen atoms in total. The number of aromatic nitrogens is 2. The van der Waals surface area contributed by atoms with E-state index in [4.69, 9.17) is 18.3 Å². The van der Waals surface area contributed by atoms with E-state index in [2.05, 4.69) is 4.98 Å². The first-order valence-corrected chi connectivity index (χ1v) is 9.48. The third-order valence-electron chi connectivity index (χ3n) is 4.33. The van der Waals surface area contributed by atoms with Gasteiger partial charge in [-0.1, -0.05) is 17.7 Å². The van der Waals surface area contributed by atoms with Crippen LogP contribution in [0.25, 0.3) is 0 Å². The predicted molar refractivity (Wildman–Crippen MR) is 93.9 cm³/mol. The molecule has 1 aromatic heterocycles. The number of nitrogens with zero attached hydrogens (tertiary/aromatic N) is 1. The summed E-state index contributed by atoms with van der Waals surface area (Å²) in [4.78, 5) is 25.2. The average Bonchev–Trinajstić information content (AvgIpc) is 3.08. The van der Waals surface area contributed by atoms with Gasteiger partial charge in [-0.05, 0) is 25.8 Å². The second kappa shape index (κ2) is 7.32. The minimum Gasteiger partial charge on any atom is -0.426 e. The molecule has 4 rings (SSSR count). The molecular formula is C17H19N2O6P. The molecule has 0 spiro atoms. The number of rotatable bonds is 4. The summed E-state index contributed by atoms with van der Waals surface area (Å²) >= 11 is 0. The Morgan fingerprint density at radius 1 is 1.31 bits per heavy atom. The normalized spacial score (nSPS) is 24.9. The van der Waals surface area contributed by atoms with Crippen molar-refractivity contribution in [2.75, 3.05) is 6.61 Å². The molecule has 0 amide bonds. The molecule has 2 aliphatic rings. The Morgan fingerprint density at radius 2 is 2.19 bits per heavy atom. The number of hydrogen-bond acceptors (Lipinski definition) is 6. The third-order valence-corrected chi connectivity index (χ3v) is 5.37. The molecule has 3 heterocycles. The molecule has 3 atom stereocenters. The molecule has 3 unspecified atom stereocenters. The van der Waals surface area contributed by atoms with Crippen LogP contribution in [0.5, 0.6) is 5.75 Å². The van der Waals surface area contributed by atoms with Crippen LogP contribution in [-0.2, 0) is 20.4 Å². The highest BCUT2D eigenvalue weighted by Crippen LogP contribution is 2.47. The molecule has 26 heavy (non-hydrogen) atoms. The van der Waals surface area contributed by atoms with Gasteiger partial charge in [-0.15, -0.1) is 0 Å². The topological polar surface area (TPSA) is 91.8 Å². The van der Waals surface area contributed by atoms with Crippen LogP contribution in [0.2, 0.25) is 0 Å². The van der Waals surface area contributed by atoms with Crippen LogP contribution < -0.4 is 15.8 Å². The first-order chi connectivity index (χ1) is 12.6. The number of fused-ring (bicyclic) bond motifs is 1. The van der Waals surface area contributed by atoms with E-state index >= 15 is 0 Å². The Balaban J connectivity index is 1.32. The summed E-state index contributed by atoms with van der Waals surface area (Å²) in [6.45, 7) is 2.81. The van der Waals surface area contributed by atoms with Crippen LogP contribution in [0.3, 0.4) is 0 Å². The summed E-state index contributed by atoms with van der Waals surface area (Å²) in [6, 6.07) is 7.26. The minimum atomic E-state index is -1.46. The number of benzene rings is 1. The summed E-state index contributed by atoms with van der Waals surface area (Å²) in [5.74, 6) is 0.790. The number of H-pyrrole nitrogens is 1. The standard InChI is InChI=1S/C17H19N2O6P/c1-11-2-4-14-12(8-11)9-22-26(25-14)23-10-13-3-5-16(24-13)19-7-6-15(20)18-17(19)21/h2,4,6-8,13,16H,3,5,9-10H2,1H3,(H,18,20,21). The quantitative estimate of drug-likeness (QED) is 0.822. The smallest absolute Gasteiger partial charge is 0.397 e. The average molecular weight is 378 g/mol. The first-order valence-electron chi connectivity index (χ1n) is 8.39. The Bertz CT molecular complexity index is 911. The molecule has 1 fully saturated rings. The molecule has 1 saturated heterocycles. The highest BCUT2D eigenvalue weighted by Gasteiger charge is 2.30. The van der Waals surface area contributed by atoms with Gasteiger partial charge in [-0.2, -0.15) is 0 Å². The Morgan fingerprint density at radius 3 is 3.04 bits per heavy atom. The van der Waals surface area contributed by atoms with E-state index in [1.807, 2.05) is 25.1 Å². The SMILES string of the molecule is Cc1ccc2c(c1)COP(OCC1CCC(n3ccc(=O)[nH]c3=O)O1)O2. The van der Waals surface area contributed by atoms with Crippen LogP contribution >= 0.6 is 8.60 Å². The highest BCUT2D eigenvalue weighted by molar-refractivity contribution is 7.42. The van der Waals surface area contributed by atoms with E-state index < -0.39 is 26.1 Å². The largest absolute Gasteiger partial charge is 0.426 e. The van der Waals surface area contributed by atoms with E-state index in [0.717, 1.165) is 23.3 Å². The zero-order chi connectivity index (χ0) is 18.1. The van der Waals surface area contributed by atoms with Crippen molar-refractivity contribution in [1.82, 2.24) is 9.55 Å². The maximum Gasteiger partial charge on any atom is 0.397 e. The summed E-state index contributed by atoms with van der Waals surface area (Å²) in [5, 5.41) is 0. The molecular weight excluding hydrogens is 359 g/mol. The molecule has 0 radical (unpaired) electrons. The molecule has 0 saturated carbocycles. The Labute approximate surface area is 150 Å². The zero-order valence-corrected chi connectivity index (χ0v) is 15.1. The Hall–Kier alpha value is -1.99. The lowest BCUT2D eigenvalue weighted by Crippen LogP contribution is -2.31. The van der Waals surface area contributed by atoms with Crippen molar-refractivity contribution < 1.29 is 18.3 Å². The van der Waals surface area contributed by atoms with Crippen LogP contribution in [0, 0.1) is 6.92 Å². The van der Waals surface area contributed by atoms with Crippen molar-refractivity contribution >= 4 is 8.60 Å². The van der Waals surface area contributed by atoms with Crippen LogP contribution in [-0.4, -0.2) is 22.3 Å². The summed E-state index contributed by atoms with van der Waals surface area (Å²) in [6.07, 6.45) is 2.30. The van der Waals surface area contributed by atoms with Gasteiger partial charge >= 0.3 is 14.3 Å². The van der Waals surface area contributed by atoms with Crippen molar-refractivity contribution in [1.29, 1.82) is 0 Å². The number of ether oxygens (including phenoxy) is 1. The number of aryl methyl sites for hydroxylation is 1. The summed E-state index contributed by atoms with van der Waals surface area (Å²) < 4.78 is 24.4. The lowest BCUT2D eigenvalue weighted by atomic mass is 10.1. The fraction of sp³-hybridized carbons (Fsp3) is 0.412. The van der Waals surface area contributed by atoms with Crippen molar-refractivity contribution in [3.63, 3.8) is 0 Å². The van der Waals surface area contributed by atoms with Gasteiger partial charge in [0.2, 0.25) is 0 Å². The summed E-state index contributed by atoms with van der Waals surface area (Å²) in [5.41, 5.74) is 1.28. The molecule has 0 bridgehead atoms. The maximum absolute atomic E-state index is 11.8. The highest BCUT2D eigenvalue weighted by atomic mass is 31.2. The number of aromatic amines is 1. The van der Waals surface area contributed by atoms with E-state index in [1.165, 1.54) is 16.8 Å². The van der Waals surface area contributed by atoms with Gasteiger partial charge in [0.15, 0.2) is 0 Å². The van der Waals surface area contributed by atoms with Gasteiger partial charge in [0, 0.05) is 17.8 Å². The van der Waals surface area contributed by atoms with Crippen LogP contribution in [0.1, 0.15) is 30.2 Å². The predicted octanol–water partition coefficient (Wildman–Crippen LogP) is 2.38. The maximum atomic E-state index is 11.8. The molecule has 1 N–H and O–H groups in total. The van der Waals surface area contributed by atoms with Crippen molar-refractivity contribution in [2.45, 2.75) is 38.7 Å².